The second-order valence-corrected chi connectivity index (χ2v) is 7.62. The Morgan fingerprint density at radius 3 is 2.28 bits per heavy atom. The summed E-state index contributed by atoms with van der Waals surface area (Å²) in [5.41, 5.74) is 0.310. The lowest BCUT2D eigenvalue weighted by molar-refractivity contribution is -0.130. The maximum Gasteiger partial charge on any atom is 0.337 e. The van der Waals surface area contributed by atoms with Gasteiger partial charge in [-0.05, 0) is 32.0 Å². The molecular formula is C16H23ClN2O5S. The predicted molar refractivity (Wildman–Crippen MR) is 97.5 cm³/mol. The summed E-state index contributed by atoms with van der Waals surface area (Å²) in [6.45, 7) is 4.73. The molecule has 0 bridgehead atoms. The minimum atomic E-state index is -3.70. The van der Waals surface area contributed by atoms with E-state index in [2.05, 4.69) is 4.74 Å². The van der Waals surface area contributed by atoms with Gasteiger partial charge >= 0.3 is 5.97 Å². The van der Waals surface area contributed by atoms with Crippen molar-refractivity contribution < 1.29 is 22.7 Å². The van der Waals surface area contributed by atoms with Crippen molar-refractivity contribution in [3.63, 3.8) is 0 Å². The maximum atomic E-state index is 12.2. The average molecular weight is 391 g/mol. The van der Waals surface area contributed by atoms with Crippen LogP contribution in [0.4, 0.5) is 5.69 Å². The minimum Gasteiger partial charge on any atom is -0.465 e. The van der Waals surface area contributed by atoms with Crippen LogP contribution in [0.1, 0.15) is 30.6 Å². The standard InChI is InChI=1S/C16H23ClN2O5S/c1-5-18(6-2)15(20)9-10-19(25(4,22)23)14-11-12(16(21)24-3)7-8-13(14)17/h7-8,11H,5-6,9-10H2,1-4H3. The minimum absolute atomic E-state index is 0.00747. The number of rotatable bonds is 8. The van der Waals surface area contributed by atoms with Gasteiger partial charge in [0.2, 0.25) is 15.9 Å². The smallest absolute Gasteiger partial charge is 0.337 e. The normalized spacial score (nSPS) is 11.1. The number of hydrogen-bond acceptors (Lipinski definition) is 5. The number of esters is 1. The zero-order valence-corrected chi connectivity index (χ0v) is 16.4. The Bertz CT molecular complexity index is 732. The summed E-state index contributed by atoms with van der Waals surface area (Å²) in [7, 11) is -2.47. The first-order valence-electron chi connectivity index (χ1n) is 7.79. The third-order valence-corrected chi connectivity index (χ3v) is 5.18. The summed E-state index contributed by atoms with van der Waals surface area (Å²) in [5.74, 6) is -0.760. The monoisotopic (exact) mass is 390 g/mol. The molecule has 9 heteroatoms. The second-order valence-electron chi connectivity index (χ2n) is 5.31. The second kappa shape index (κ2) is 9.05. The summed E-state index contributed by atoms with van der Waals surface area (Å²) in [5, 5.41) is 0.161. The molecule has 0 unspecified atom stereocenters. The van der Waals surface area contributed by atoms with Crippen molar-refractivity contribution in [2.24, 2.45) is 0 Å². The van der Waals surface area contributed by atoms with Crippen LogP contribution in [-0.2, 0) is 19.6 Å². The van der Waals surface area contributed by atoms with Gasteiger partial charge in [-0.1, -0.05) is 11.6 Å². The van der Waals surface area contributed by atoms with Gasteiger partial charge < -0.3 is 9.64 Å². The zero-order chi connectivity index (χ0) is 19.2. The van der Waals surface area contributed by atoms with Gasteiger partial charge in [0.05, 0.1) is 29.6 Å². The molecule has 1 aromatic rings. The highest BCUT2D eigenvalue weighted by Crippen LogP contribution is 2.29. The van der Waals surface area contributed by atoms with Gasteiger partial charge in [0.25, 0.3) is 0 Å². The van der Waals surface area contributed by atoms with Crippen LogP contribution >= 0.6 is 11.6 Å². The molecule has 0 fully saturated rings. The van der Waals surface area contributed by atoms with Crippen molar-refractivity contribution in [2.75, 3.05) is 37.3 Å². The lowest BCUT2D eigenvalue weighted by Gasteiger charge is -2.25. The highest BCUT2D eigenvalue weighted by molar-refractivity contribution is 7.92. The Kier molecular flexibility index (Phi) is 7.69. The molecule has 0 aromatic heterocycles. The van der Waals surface area contributed by atoms with E-state index >= 15 is 0 Å². The van der Waals surface area contributed by atoms with Crippen molar-refractivity contribution in [1.29, 1.82) is 0 Å². The number of halogens is 1. The molecule has 7 nitrogen and oxygen atoms in total. The number of ether oxygens (including phenoxy) is 1. The fraction of sp³-hybridized carbons (Fsp3) is 0.500. The molecule has 0 aliphatic rings. The van der Waals surface area contributed by atoms with E-state index in [4.69, 9.17) is 11.6 Å². The summed E-state index contributed by atoms with van der Waals surface area (Å²) in [6.07, 6.45) is 1.03. The van der Waals surface area contributed by atoms with Crippen molar-refractivity contribution in [3.8, 4) is 0 Å². The molecule has 25 heavy (non-hydrogen) atoms. The number of carbonyl (C=O) groups excluding carboxylic acids is 2. The highest BCUT2D eigenvalue weighted by Gasteiger charge is 2.23. The van der Waals surface area contributed by atoms with E-state index in [1.54, 1.807) is 4.90 Å². The van der Waals surface area contributed by atoms with Gasteiger partial charge in [0, 0.05) is 26.1 Å². The number of hydrogen-bond donors (Lipinski definition) is 0. The van der Waals surface area contributed by atoms with Gasteiger partial charge in [-0.3, -0.25) is 9.10 Å². The van der Waals surface area contributed by atoms with Gasteiger partial charge in [0.15, 0.2) is 0 Å². The van der Waals surface area contributed by atoms with E-state index in [1.807, 2.05) is 13.8 Å². The molecule has 0 saturated carbocycles. The van der Waals surface area contributed by atoms with Crippen LogP contribution < -0.4 is 4.31 Å². The summed E-state index contributed by atoms with van der Waals surface area (Å²) in [4.78, 5) is 25.5. The number of carbonyl (C=O) groups is 2. The number of amides is 1. The van der Waals surface area contributed by atoms with E-state index in [0.717, 1.165) is 10.6 Å². The van der Waals surface area contributed by atoms with Crippen LogP contribution in [0.3, 0.4) is 0 Å². The van der Waals surface area contributed by atoms with Gasteiger partial charge in [-0.2, -0.15) is 0 Å². The van der Waals surface area contributed by atoms with E-state index in [0.29, 0.717) is 13.1 Å². The third kappa shape index (κ3) is 5.61. The lowest BCUT2D eigenvalue weighted by atomic mass is 10.2. The van der Waals surface area contributed by atoms with Crippen LogP contribution in [0.5, 0.6) is 0 Å². The quantitative estimate of drug-likeness (QED) is 0.635. The molecule has 140 valence electrons. The number of nitrogens with zero attached hydrogens (tertiary/aromatic N) is 2. The first kappa shape index (κ1) is 21.2. The molecule has 1 amide bonds. The van der Waals surface area contributed by atoms with E-state index in [-0.39, 0.29) is 35.1 Å². The van der Waals surface area contributed by atoms with Gasteiger partial charge in [-0.25, -0.2) is 13.2 Å². The number of anilines is 1. The Morgan fingerprint density at radius 1 is 1.20 bits per heavy atom. The van der Waals surface area contributed by atoms with Crippen LogP contribution in [0.2, 0.25) is 5.02 Å². The largest absolute Gasteiger partial charge is 0.465 e. The molecule has 1 aromatic carbocycles. The van der Waals surface area contributed by atoms with Gasteiger partial charge in [0.1, 0.15) is 0 Å². The summed E-state index contributed by atoms with van der Waals surface area (Å²) < 4.78 is 30.0. The fourth-order valence-electron chi connectivity index (χ4n) is 2.35. The first-order valence-corrected chi connectivity index (χ1v) is 10.0. The van der Waals surface area contributed by atoms with Crippen LogP contribution in [0.25, 0.3) is 0 Å². The molecule has 0 aliphatic heterocycles. The molecule has 0 aliphatic carbocycles. The van der Waals surface area contributed by atoms with Crippen molar-refractivity contribution in [2.45, 2.75) is 20.3 Å². The Hall–Kier alpha value is -1.80. The Morgan fingerprint density at radius 2 is 1.80 bits per heavy atom. The van der Waals surface area contributed by atoms with Crippen molar-refractivity contribution in [1.82, 2.24) is 4.90 Å². The molecule has 0 spiro atoms. The molecule has 0 heterocycles. The maximum absolute atomic E-state index is 12.2. The van der Waals surface area contributed by atoms with Crippen molar-refractivity contribution >= 4 is 39.2 Å². The molecule has 0 saturated heterocycles. The molecule has 0 N–H and O–H groups in total. The molecule has 1 rings (SSSR count). The van der Waals surface area contributed by atoms with E-state index in [9.17, 15) is 18.0 Å². The van der Waals surface area contributed by atoms with E-state index in [1.165, 1.54) is 25.3 Å². The fourth-order valence-corrected chi connectivity index (χ4v) is 3.55. The Labute approximate surface area is 153 Å². The van der Waals surface area contributed by atoms with Crippen LogP contribution in [0.15, 0.2) is 18.2 Å². The van der Waals surface area contributed by atoms with Crippen LogP contribution in [0, 0.1) is 0 Å². The molecule has 0 radical (unpaired) electrons. The summed E-state index contributed by atoms with van der Waals surface area (Å²) in [6, 6.07) is 4.21. The van der Waals surface area contributed by atoms with E-state index < -0.39 is 16.0 Å². The third-order valence-electron chi connectivity index (χ3n) is 3.68. The topological polar surface area (TPSA) is 84.0 Å². The number of sulfonamides is 1. The van der Waals surface area contributed by atoms with Crippen molar-refractivity contribution in [3.05, 3.63) is 28.8 Å². The highest BCUT2D eigenvalue weighted by atomic mass is 35.5. The average Bonchev–Trinajstić information content (AvgIpc) is 2.55. The number of methoxy groups -OCH3 is 1. The number of benzene rings is 1. The summed E-state index contributed by atoms with van der Waals surface area (Å²) >= 11 is 6.12. The molecular weight excluding hydrogens is 368 g/mol. The van der Waals surface area contributed by atoms with Crippen LogP contribution in [-0.4, -0.2) is 58.2 Å². The van der Waals surface area contributed by atoms with Gasteiger partial charge in [-0.15, -0.1) is 0 Å². The first-order chi connectivity index (χ1) is 11.6. The zero-order valence-electron chi connectivity index (χ0n) is 14.8. The SMILES string of the molecule is CCN(CC)C(=O)CCN(c1cc(C(=O)OC)ccc1Cl)S(C)(=O)=O. The molecule has 0 atom stereocenters. The Balaban J connectivity index is 3.17. The lowest BCUT2D eigenvalue weighted by Crippen LogP contribution is -2.37. The predicted octanol–water partition coefficient (Wildman–Crippen LogP) is 2.15.